The minimum atomic E-state index is -0.160. The maximum atomic E-state index is 12.9. The molecule has 0 amide bonds. The van der Waals surface area contributed by atoms with Gasteiger partial charge in [-0.05, 0) is 43.7 Å². The van der Waals surface area contributed by atoms with Crippen molar-refractivity contribution < 1.29 is 4.39 Å². The molecular formula is C14H21FN2. The van der Waals surface area contributed by atoms with Gasteiger partial charge in [0.2, 0.25) is 0 Å². The SMILES string of the molecule is CCCC1CN(c2ccc(F)cc2)CCCN1. The third-order valence-electron chi connectivity index (χ3n) is 3.31. The summed E-state index contributed by atoms with van der Waals surface area (Å²) in [5, 5.41) is 3.58. The van der Waals surface area contributed by atoms with Crippen molar-refractivity contribution >= 4 is 5.69 Å². The lowest BCUT2D eigenvalue weighted by Gasteiger charge is -2.26. The summed E-state index contributed by atoms with van der Waals surface area (Å²) in [6.07, 6.45) is 3.56. The van der Waals surface area contributed by atoms with Crippen LogP contribution in [0.3, 0.4) is 0 Å². The normalized spacial score (nSPS) is 21.3. The molecule has 2 rings (SSSR count). The number of benzene rings is 1. The van der Waals surface area contributed by atoms with Crippen LogP contribution >= 0.6 is 0 Å². The Morgan fingerprint density at radius 2 is 2.12 bits per heavy atom. The molecule has 3 heteroatoms. The van der Waals surface area contributed by atoms with Crippen LogP contribution in [0.15, 0.2) is 24.3 Å². The van der Waals surface area contributed by atoms with Gasteiger partial charge in [-0.15, -0.1) is 0 Å². The minimum absolute atomic E-state index is 0.160. The molecule has 0 aliphatic carbocycles. The van der Waals surface area contributed by atoms with Gasteiger partial charge in [0.25, 0.3) is 0 Å². The lowest BCUT2D eigenvalue weighted by Crippen LogP contribution is -2.37. The van der Waals surface area contributed by atoms with Crippen LogP contribution in [0.25, 0.3) is 0 Å². The fourth-order valence-electron chi connectivity index (χ4n) is 2.43. The van der Waals surface area contributed by atoms with Crippen LogP contribution in [0.4, 0.5) is 10.1 Å². The first kappa shape index (κ1) is 12.4. The van der Waals surface area contributed by atoms with Crippen molar-refractivity contribution in [3.8, 4) is 0 Å². The van der Waals surface area contributed by atoms with Gasteiger partial charge in [-0.2, -0.15) is 0 Å². The van der Waals surface area contributed by atoms with E-state index >= 15 is 0 Å². The topological polar surface area (TPSA) is 15.3 Å². The van der Waals surface area contributed by atoms with Crippen LogP contribution in [-0.2, 0) is 0 Å². The summed E-state index contributed by atoms with van der Waals surface area (Å²) in [6.45, 7) is 5.38. The molecule has 1 heterocycles. The summed E-state index contributed by atoms with van der Waals surface area (Å²) in [5.74, 6) is -0.160. The Morgan fingerprint density at radius 3 is 2.82 bits per heavy atom. The predicted octanol–water partition coefficient (Wildman–Crippen LogP) is 2.79. The molecule has 0 spiro atoms. The molecule has 1 aliphatic rings. The summed E-state index contributed by atoms with van der Waals surface area (Å²) in [5.41, 5.74) is 1.14. The highest BCUT2D eigenvalue weighted by molar-refractivity contribution is 5.46. The third-order valence-corrected chi connectivity index (χ3v) is 3.31. The molecule has 0 saturated carbocycles. The third kappa shape index (κ3) is 3.43. The van der Waals surface area contributed by atoms with E-state index in [0.717, 1.165) is 31.7 Å². The van der Waals surface area contributed by atoms with E-state index in [1.165, 1.54) is 12.8 Å². The van der Waals surface area contributed by atoms with Crippen molar-refractivity contribution in [3.63, 3.8) is 0 Å². The number of nitrogens with zero attached hydrogens (tertiary/aromatic N) is 1. The van der Waals surface area contributed by atoms with E-state index in [9.17, 15) is 4.39 Å². The van der Waals surface area contributed by atoms with Crippen LogP contribution in [0.1, 0.15) is 26.2 Å². The molecule has 17 heavy (non-hydrogen) atoms. The lowest BCUT2D eigenvalue weighted by molar-refractivity contribution is 0.502. The molecule has 1 aromatic carbocycles. The zero-order valence-corrected chi connectivity index (χ0v) is 10.5. The van der Waals surface area contributed by atoms with Gasteiger partial charge in [0.1, 0.15) is 5.82 Å². The molecule has 0 radical (unpaired) electrons. The first-order valence-corrected chi connectivity index (χ1v) is 6.53. The zero-order chi connectivity index (χ0) is 12.1. The highest BCUT2D eigenvalue weighted by Crippen LogP contribution is 2.17. The van der Waals surface area contributed by atoms with E-state index in [2.05, 4.69) is 17.1 Å². The standard InChI is InChI=1S/C14H21FN2/c1-2-4-13-11-17(10-3-9-16-13)14-7-5-12(15)6-8-14/h5-8,13,16H,2-4,9-11H2,1H3. The molecule has 0 bridgehead atoms. The molecule has 1 fully saturated rings. The number of nitrogens with one attached hydrogen (secondary N) is 1. The number of hydrogen-bond acceptors (Lipinski definition) is 2. The van der Waals surface area contributed by atoms with Crippen LogP contribution in [-0.4, -0.2) is 25.7 Å². The fourth-order valence-corrected chi connectivity index (χ4v) is 2.43. The molecule has 2 nitrogen and oxygen atoms in total. The van der Waals surface area contributed by atoms with Gasteiger partial charge in [-0.3, -0.25) is 0 Å². The minimum Gasteiger partial charge on any atom is -0.370 e. The van der Waals surface area contributed by atoms with Gasteiger partial charge in [0.15, 0.2) is 0 Å². The van der Waals surface area contributed by atoms with Gasteiger partial charge in [0, 0.05) is 24.8 Å². The Labute approximate surface area is 103 Å². The van der Waals surface area contributed by atoms with E-state index in [1.54, 1.807) is 12.1 Å². The van der Waals surface area contributed by atoms with E-state index < -0.39 is 0 Å². The fraction of sp³-hybridized carbons (Fsp3) is 0.571. The Kier molecular flexibility index (Phi) is 4.37. The summed E-state index contributed by atoms with van der Waals surface area (Å²) < 4.78 is 12.9. The molecule has 1 saturated heterocycles. The Bertz CT molecular complexity index is 337. The molecule has 1 N–H and O–H groups in total. The largest absolute Gasteiger partial charge is 0.370 e. The second kappa shape index (κ2) is 6.01. The number of hydrogen-bond donors (Lipinski definition) is 1. The van der Waals surface area contributed by atoms with Gasteiger partial charge in [0.05, 0.1) is 0 Å². The second-order valence-electron chi connectivity index (χ2n) is 4.72. The van der Waals surface area contributed by atoms with Gasteiger partial charge >= 0.3 is 0 Å². The average molecular weight is 236 g/mol. The first-order chi connectivity index (χ1) is 8.29. The van der Waals surface area contributed by atoms with Crippen molar-refractivity contribution in [1.29, 1.82) is 0 Å². The van der Waals surface area contributed by atoms with Crippen LogP contribution in [0.2, 0.25) is 0 Å². The van der Waals surface area contributed by atoms with E-state index in [-0.39, 0.29) is 5.82 Å². The van der Waals surface area contributed by atoms with Crippen molar-refractivity contribution in [2.24, 2.45) is 0 Å². The van der Waals surface area contributed by atoms with Crippen LogP contribution < -0.4 is 10.2 Å². The average Bonchev–Trinajstić information content (AvgIpc) is 2.56. The molecule has 0 aromatic heterocycles. The van der Waals surface area contributed by atoms with Crippen LogP contribution in [0.5, 0.6) is 0 Å². The lowest BCUT2D eigenvalue weighted by atomic mass is 10.1. The molecule has 94 valence electrons. The summed E-state index contributed by atoms with van der Waals surface area (Å²) in [7, 11) is 0. The van der Waals surface area contributed by atoms with Crippen molar-refractivity contribution in [2.45, 2.75) is 32.2 Å². The Morgan fingerprint density at radius 1 is 1.35 bits per heavy atom. The van der Waals surface area contributed by atoms with Gasteiger partial charge < -0.3 is 10.2 Å². The van der Waals surface area contributed by atoms with E-state index in [4.69, 9.17) is 0 Å². The van der Waals surface area contributed by atoms with Crippen LogP contribution in [0, 0.1) is 5.82 Å². The Balaban J connectivity index is 2.05. The Hall–Kier alpha value is -1.09. The molecular weight excluding hydrogens is 215 g/mol. The van der Waals surface area contributed by atoms with Gasteiger partial charge in [-0.1, -0.05) is 13.3 Å². The first-order valence-electron chi connectivity index (χ1n) is 6.53. The quantitative estimate of drug-likeness (QED) is 0.868. The van der Waals surface area contributed by atoms with E-state index in [0.29, 0.717) is 6.04 Å². The van der Waals surface area contributed by atoms with Crippen molar-refractivity contribution in [3.05, 3.63) is 30.1 Å². The molecule has 1 aliphatic heterocycles. The smallest absolute Gasteiger partial charge is 0.123 e. The summed E-state index contributed by atoms with van der Waals surface area (Å²) in [6, 6.07) is 7.41. The van der Waals surface area contributed by atoms with Gasteiger partial charge in [-0.25, -0.2) is 4.39 Å². The molecule has 1 aromatic rings. The predicted molar refractivity (Wildman–Crippen MR) is 69.9 cm³/mol. The maximum Gasteiger partial charge on any atom is 0.123 e. The monoisotopic (exact) mass is 236 g/mol. The maximum absolute atomic E-state index is 12.9. The number of rotatable bonds is 3. The summed E-state index contributed by atoms with van der Waals surface area (Å²) >= 11 is 0. The second-order valence-corrected chi connectivity index (χ2v) is 4.72. The van der Waals surface area contributed by atoms with E-state index in [1.807, 2.05) is 12.1 Å². The summed E-state index contributed by atoms with van der Waals surface area (Å²) in [4.78, 5) is 2.36. The zero-order valence-electron chi connectivity index (χ0n) is 10.5. The number of halogens is 1. The molecule has 1 atom stereocenters. The van der Waals surface area contributed by atoms with Crippen molar-refractivity contribution in [2.75, 3.05) is 24.5 Å². The highest BCUT2D eigenvalue weighted by atomic mass is 19.1. The molecule has 1 unspecified atom stereocenters. The van der Waals surface area contributed by atoms with Crippen molar-refractivity contribution in [1.82, 2.24) is 5.32 Å². The number of anilines is 1. The highest BCUT2D eigenvalue weighted by Gasteiger charge is 2.17.